The minimum absolute atomic E-state index is 1.01. The van der Waals surface area contributed by atoms with Crippen LogP contribution in [0.5, 0.6) is 0 Å². The van der Waals surface area contributed by atoms with Crippen LogP contribution in [-0.4, -0.2) is 21.3 Å². The predicted octanol–water partition coefficient (Wildman–Crippen LogP) is 2.33. The van der Waals surface area contributed by atoms with Crippen molar-refractivity contribution in [3.63, 3.8) is 0 Å². The lowest BCUT2D eigenvalue weighted by atomic mass is 10.9. The first kappa shape index (κ1) is 8.49. The van der Waals surface area contributed by atoms with Gasteiger partial charge in [0.05, 0.1) is 0 Å². The van der Waals surface area contributed by atoms with Crippen LogP contribution in [0.2, 0.25) is 0 Å². The van der Waals surface area contributed by atoms with E-state index in [-0.39, 0.29) is 0 Å². The Bertz CT molecular complexity index is 201. The molecule has 0 saturated heterocycles. The van der Waals surface area contributed by atoms with Gasteiger partial charge in [0.15, 0.2) is 4.34 Å². The Morgan fingerprint density at radius 3 is 2.90 bits per heavy atom. The highest BCUT2D eigenvalue weighted by atomic mass is 79.9. The van der Waals surface area contributed by atoms with Gasteiger partial charge in [-0.1, -0.05) is 39.0 Å². The standard InChI is InChI=1S/C5H7BrN2S2/c1-4-7-8-5(10-4)9-3-2-6/h2-3H2,1H3. The third kappa shape index (κ3) is 2.56. The van der Waals surface area contributed by atoms with Crippen LogP contribution in [0.3, 0.4) is 0 Å². The average Bonchev–Trinajstić information content (AvgIpc) is 2.31. The van der Waals surface area contributed by atoms with Gasteiger partial charge in [-0.25, -0.2) is 0 Å². The number of halogens is 1. The first-order chi connectivity index (χ1) is 4.83. The fraction of sp³-hybridized carbons (Fsp3) is 0.600. The number of nitrogens with zero attached hydrogens (tertiary/aromatic N) is 2. The molecule has 0 bridgehead atoms. The summed E-state index contributed by atoms with van der Waals surface area (Å²) in [6.45, 7) is 1.97. The Morgan fingerprint density at radius 1 is 1.60 bits per heavy atom. The normalized spacial score (nSPS) is 10.2. The summed E-state index contributed by atoms with van der Waals surface area (Å²) in [5.41, 5.74) is 0. The third-order valence-electron chi connectivity index (χ3n) is 0.810. The van der Waals surface area contributed by atoms with Gasteiger partial charge >= 0.3 is 0 Å². The van der Waals surface area contributed by atoms with Gasteiger partial charge in [-0.05, 0) is 6.92 Å². The molecule has 0 aliphatic carbocycles. The van der Waals surface area contributed by atoms with Crippen molar-refractivity contribution in [2.24, 2.45) is 0 Å². The van der Waals surface area contributed by atoms with Gasteiger partial charge < -0.3 is 0 Å². The number of aromatic nitrogens is 2. The second-order valence-electron chi connectivity index (χ2n) is 1.62. The zero-order chi connectivity index (χ0) is 7.40. The Kier molecular flexibility index (Phi) is 3.65. The van der Waals surface area contributed by atoms with Gasteiger partial charge in [0, 0.05) is 11.1 Å². The highest BCUT2D eigenvalue weighted by molar-refractivity contribution is 9.09. The molecule has 0 spiro atoms. The first-order valence-corrected chi connectivity index (χ1v) is 5.74. The van der Waals surface area contributed by atoms with E-state index in [1.54, 1.807) is 23.1 Å². The molecule has 0 aliphatic heterocycles. The summed E-state index contributed by atoms with van der Waals surface area (Å²) in [5.74, 6) is 1.06. The summed E-state index contributed by atoms with van der Waals surface area (Å²) in [7, 11) is 0. The molecule has 0 fully saturated rings. The van der Waals surface area contributed by atoms with Crippen LogP contribution in [0, 0.1) is 6.92 Å². The zero-order valence-corrected chi connectivity index (χ0v) is 8.72. The van der Waals surface area contributed by atoms with Crippen LogP contribution in [0.25, 0.3) is 0 Å². The molecule has 56 valence electrons. The van der Waals surface area contributed by atoms with E-state index >= 15 is 0 Å². The number of rotatable bonds is 3. The molecule has 2 nitrogen and oxygen atoms in total. The summed E-state index contributed by atoms with van der Waals surface area (Å²) >= 11 is 6.74. The lowest BCUT2D eigenvalue weighted by Gasteiger charge is -1.87. The maximum absolute atomic E-state index is 3.96. The van der Waals surface area contributed by atoms with Crippen molar-refractivity contribution < 1.29 is 0 Å². The van der Waals surface area contributed by atoms with Crippen LogP contribution in [0.4, 0.5) is 0 Å². The summed E-state index contributed by atoms with van der Waals surface area (Å²) in [6.07, 6.45) is 0. The largest absolute Gasteiger partial charge is 0.174 e. The lowest BCUT2D eigenvalue weighted by molar-refractivity contribution is 0.984. The lowest BCUT2D eigenvalue weighted by Crippen LogP contribution is -1.77. The van der Waals surface area contributed by atoms with E-state index in [0.29, 0.717) is 0 Å². The van der Waals surface area contributed by atoms with Crippen molar-refractivity contribution in [2.45, 2.75) is 11.3 Å². The second-order valence-corrected chi connectivity index (χ2v) is 4.94. The van der Waals surface area contributed by atoms with Crippen LogP contribution in [-0.2, 0) is 0 Å². The van der Waals surface area contributed by atoms with Gasteiger partial charge in [-0.2, -0.15) is 0 Å². The van der Waals surface area contributed by atoms with Crippen molar-refractivity contribution in [1.82, 2.24) is 10.2 Å². The molecule has 1 aromatic rings. The Balaban J connectivity index is 2.42. The number of alkyl halides is 1. The number of thioether (sulfide) groups is 1. The zero-order valence-electron chi connectivity index (χ0n) is 5.50. The molecule has 0 unspecified atom stereocenters. The Morgan fingerprint density at radius 2 is 2.40 bits per heavy atom. The summed E-state index contributed by atoms with van der Waals surface area (Å²) in [5, 5.41) is 9.92. The van der Waals surface area contributed by atoms with Gasteiger partial charge in [0.25, 0.3) is 0 Å². The number of hydrogen-bond acceptors (Lipinski definition) is 4. The molecule has 0 aromatic carbocycles. The van der Waals surface area contributed by atoms with Crippen molar-refractivity contribution in [1.29, 1.82) is 0 Å². The Hall–Kier alpha value is 0.390. The highest BCUT2D eigenvalue weighted by Crippen LogP contribution is 2.21. The molecule has 0 amide bonds. The maximum Gasteiger partial charge on any atom is 0.174 e. The molecular formula is C5H7BrN2S2. The fourth-order valence-electron chi connectivity index (χ4n) is 0.463. The fourth-order valence-corrected chi connectivity index (χ4v) is 2.56. The van der Waals surface area contributed by atoms with E-state index in [1.165, 1.54) is 0 Å². The molecular weight excluding hydrogens is 232 g/mol. The summed E-state index contributed by atoms with van der Waals surface area (Å²) in [6, 6.07) is 0. The van der Waals surface area contributed by atoms with Gasteiger partial charge in [0.2, 0.25) is 0 Å². The van der Waals surface area contributed by atoms with E-state index < -0.39 is 0 Å². The molecule has 1 rings (SSSR count). The number of hydrogen-bond donors (Lipinski definition) is 0. The van der Waals surface area contributed by atoms with Crippen LogP contribution in [0.15, 0.2) is 4.34 Å². The monoisotopic (exact) mass is 238 g/mol. The molecule has 0 N–H and O–H groups in total. The maximum atomic E-state index is 3.96. The summed E-state index contributed by atoms with van der Waals surface area (Å²) in [4.78, 5) is 0. The topological polar surface area (TPSA) is 25.8 Å². The van der Waals surface area contributed by atoms with E-state index in [1.807, 2.05) is 6.92 Å². The SMILES string of the molecule is Cc1nnc(SCCBr)s1. The smallest absolute Gasteiger partial charge is 0.143 e. The first-order valence-electron chi connectivity index (χ1n) is 2.82. The predicted molar refractivity (Wildman–Crippen MR) is 49.2 cm³/mol. The van der Waals surface area contributed by atoms with E-state index in [2.05, 4.69) is 26.1 Å². The molecule has 5 heteroatoms. The van der Waals surface area contributed by atoms with E-state index in [4.69, 9.17) is 0 Å². The molecule has 1 aromatic heterocycles. The van der Waals surface area contributed by atoms with Gasteiger partial charge in [-0.3, -0.25) is 0 Å². The molecule has 1 heterocycles. The Labute approximate surface area is 76.6 Å². The second kappa shape index (κ2) is 4.31. The number of aryl methyl sites for hydroxylation is 1. The van der Waals surface area contributed by atoms with Crippen molar-refractivity contribution in [2.75, 3.05) is 11.1 Å². The van der Waals surface area contributed by atoms with Crippen LogP contribution < -0.4 is 0 Å². The third-order valence-corrected chi connectivity index (χ3v) is 3.71. The van der Waals surface area contributed by atoms with Crippen molar-refractivity contribution in [3.8, 4) is 0 Å². The van der Waals surface area contributed by atoms with Crippen molar-refractivity contribution in [3.05, 3.63) is 5.01 Å². The van der Waals surface area contributed by atoms with Crippen molar-refractivity contribution >= 4 is 39.0 Å². The minimum atomic E-state index is 1.01. The minimum Gasteiger partial charge on any atom is -0.143 e. The summed E-state index contributed by atoms with van der Waals surface area (Å²) < 4.78 is 1.07. The van der Waals surface area contributed by atoms with Crippen LogP contribution in [0.1, 0.15) is 5.01 Å². The molecule has 0 aliphatic rings. The quantitative estimate of drug-likeness (QED) is 0.598. The molecule has 0 saturated carbocycles. The van der Waals surface area contributed by atoms with Crippen LogP contribution >= 0.6 is 39.0 Å². The van der Waals surface area contributed by atoms with Gasteiger partial charge in [-0.15, -0.1) is 10.2 Å². The highest BCUT2D eigenvalue weighted by Gasteiger charge is 1.98. The van der Waals surface area contributed by atoms with E-state index in [0.717, 1.165) is 20.4 Å². The molecule has 10 heavy (non-hydrogen) atoms. The van der Waals surface area contributed by atoms with Gasteiger partial charge in [0.1, 0.15) is 5.01 Å². The molecule has 0 atom stereocenters. The average molecular weight is 239 g/mol. The molecule has 0 radical (unpaired) electrons. The van der Waals surface area contributed by atoms with E-state index in [9.17, 15) is 0 Å².